The maximum absolute atomic E-state index is 5.23. The van der Waals surface area contributed by atoms with E-state index in [2.05, 4.69) is 140 Å². The number of hydrogen-bond acceptors (Lipinski definition) is 1. The maximum Gasteiger partial charge on any atom is 0.0904 e. The predicted octanol–water partition coefficient (Wildman–Crippen LogP) is 7.90. The number of benzene rings is 5. The molecule has 1 heterocycles. The summed E-state index contributed by atoms with van der Waals surface area (Å²) in [4.78, 5) is 0. The first-order chi connectivity index (χ1) is 17.9. The Morgan fingerprint density at radius 3 is 1.78 bits per heavy atom. The number of hydrogen-bond donors (Lipinski definition) is 0. The van der Waals surface area contributed by atoms with Crippen LogP contribution in [-0.4, -0.2) is 9.78 Å². The zero-order chi connectivity index (χ0) is 24.0. The summed E-state index contributed by atoms with van der Waals surface area (Å²) in [6.45, 7) is 0. The molecule has 170 valence electrons. The number of aromatic nitrogens is 2. The van der Waals surface area contributed by atoms with Crippen LogP contribution in [-0.2, 0) is 5.41 Å². The fourth-order valence-electron chi connectivity index (χ4n) is 5.78. The summed E-state index contributed by atoms with van der Waals surface area (Å²) in [6.07, 6.45) is 2.08. The second-order valence-corrected chi connectivity index (χ2v) is 9.27. The van der Waals surface area contributed by atoms with E-state index in [1.165, 1.54) is 38.9 Å². The first-order valence-corrected chi connectivity index (χ1v) is 12.3. The van der Waals surface area contributed by atoms with Gasteiger partial charge in [0.1, 0.15) is 0 Å². The van der Waals surface area contributed by atoms with Crippen molar-refractivity contribution in [1.29, 1.82) is 0 Å². The third kappa shape index (κ3) is 3.01. The van der Waals surface area contributed by atoms with E-state index in [9.17, 15) is 0 Å². The van der Waals surface area contributed by atoms with Gasteiger partial charge in [-0.15, -0.1) is 0 Å². The van der Waals surface area contributed by atoms with Crippen molar-refractivity contribution in [1.82, 2.24) is 9.78 Å². The highest BCUT2D eigenvalue weighted by Gasteiger charge is 2.47. The number of fused-ring (bicyclic) bond motifs is 3. The van der Waals surface area contributed by atoms with E-state index in [0.29, 0.717) is 0 Å². The summed E-state index contributed by atoms with van der Waals surface area (Å²) >= 11 is 0. The molecule has 0 atom stereocenters. The van der Waals surface area contributed by atoms with Crippen LogP contribution in [0.3, 0.4) is 0 Å². The third-order valence-electron chi connectivity index (χ3n) is 7.35. The lowest BCUT2D eigenvalue weighted by atomic mass is 9.69. The molecule has 0 bridgehead atoms. The van der Waals surface area contributed by atoms with Crippen LogP contribution in [0.15, 0.2) is 146 Å². The summed E-state index contributed by atoms with van der Waals surface area (Å²) in [5.41, 5.74) is 10.3. The zero-order valence-electron chi connectivity index (χ0n) is 19.8. The van der Waals surface area contributed by atoms with Gasteiger partial charge in [-0.25, -0.2) is 4.68 Å². The van der Waals surface area contributed by atoms with Crippen molar-refractivity contribution >= 4 is 0 Å². The second kappa shape index (κ2) is 8.21. The highest BCUT2D eigenvalue weighted by molar-refractivity contribution is 5.86. The van der Waals surface area contributed by atoms with E-state index in [-0.39, 0.29) is 0 Å². The van der Waals surface area contributed by atoms with Crippen molar-refractivity contribution in [3.05, 3.63) is 168 Å². The molecule has 0 unspecified atom stereocenters. The molecule has 0 saturated carbocycles. The summed E-state index contributed by atoms with van der Waals surface area (Å²) in [7, 11) is 0. The molecule has 5 aromatic carbocycles. The van der Waals surface area contributed by atoms with Gasteiger partial charge in [-0.05, 0) is 63.2 Å². The molecule has 0 N–H and O–H groups in total. The lowest BCUT2D eigenvalue weighted by molar-refractivity contribution is 0.707. The van der Waals surface area contributed by atoms with Gasteiger partial charge in [0.2, 0.25) is 0 Å². The smallest absolute Gasteiger partial charge is 0.0904 e. The van der Waals surface area contributed by atoms with Gasteiger partial charge in [0, 0.05) is 6.20 Å². The normalized spacial score (nSPS) is 13.2. The van der Waals surface area contributed by atoms with Crippen molar-refractivity contribution in [3.63, 3.8) is 0 Å². The molecule has 1 aliphatic rings. The van der Waals surface area contributed by atoms with E-state index in [4.69, 9.17) is 5.10 Å². The molecule has 1 aliphatic carbocycles. The van der Waals surface area contributed by atoms with Gasteiger partial charge in [0.15, 0.2) is 0 Å². The predicted molar refractivity (Wildman–Crippen MR) is 146 cm³/mol. The van der Waals surface area contributed by atoms with Gasteiger partial charge >= 0.3 is 0 Å². The van der Waals surface area contributed by atoms with Crippen LogP contribution in [0.25, 0.3) is 27.9 Å². The Kier molecular flexibility index (Phi) is 4.71. The standard InChI is InChI=1S/C34H24N2/c1-3-12-25(13-4-1)26-14-11-15-27(24-26)34(33-22-23-36(35-33)28-16-5-2-6-17-28)31-20-9-7-18-29(31)30-19-8-10-21-32(30)34/h1-24H. The molecule has 0 spiro atoms. The van der Waals surface area contributed by atoms with Gasteiger partial charge in [0.25, 0.3) is 0 Å². The van der Waals surface area contributed by atoms with Gasteiger partial charge in [-0.1, -0.05) is 115 Å². The molecule has 2 heteroatoms. The molecule has 2 nitrogen and oxygen atoms in total. The van der Waals surface area contributed by atoms with Crippen molar-refractivity contribution in [3.8, 4) is 27.9 Å². The molecule has 0 fully saturated rings. The van der Waals surface area contributed by atoms with E-state index < -0.39 is 5.41 Å². The molecule has 0 amide bonds. The molecule has 0 aliphatic heterocycles. The Bertz CT molecular complexity index is 1630. The van der Waals surface area contributed by atoms with Crippen LogP contribution in [0.1, 0.15) is 22.4 Å². The third-order valence-corrected chi connectivity index (χ3v) is 7.35. The molecule has 6 aromatic rings. The Morgan fingerprint density at radius 2 is 1.08 bits per heavy atom. The first kappa shape index (κ1) is 20.7. The maximum atomic E-state index is 5.23. The molecule has 7 rings (SSSR count). The zero-order valence-corrected chi connectivity index (χ0v) is 19.8. The lowest BCUT2D eigenvalue weighted by Crippen LogP contribution is -2.29. The van der Waals surface area contributed by atoms with Crippen LogP contribution in [0.4, 0.5) is 0 Å². The van der Waals surface area contributed by atoms with Crippen LogP contribution >= 0.6 is 0 Å². The summed E-state index contributed by atoms with van der Waals surface area (Å²) in [6, 6.07) is 49.7. The quantitative estimate of drug-likeness (QED) is 0.261. The van der Waals surface area contributed by atoms with E-state index >= 15 is 0 Å². The van der Waals surface area contributed by atoms with Crippen LogP contribution in [0.2, 0.25) is 0 Å². The molecule has 36 heavy (non-hydrogen) atoms. The minimum absolute atomic E-state index is 0.516. The molecular weight excluding hydrogens is 436 g/mol. The average molecular weight is 461 g/mol. The second-order valence-electron chi connectivity index (χ2n) is 9.27. The van der Waals surface area contributed by atoms with Crippen molar-refractivity contribution in [2.75, 3.05) is 0 Å². The van der Waals surface area contributed by atoms with Crippen LogP contribution in [0, 0.1) is 0 Å². The fourth-order valence-corrected chi connectivity index (χ4v) is 5.78. The van der Waals surface area contributed by atoms with Crippen molar-refractivity contribution < 1.29 is 0 Å². The van der Waals surface area contributed by atoms with Gasteiger partial charge in [0.05, 0.1) is 16.8 Å². The summed E-state index contributed by atoms with van der Waals surface area (Å²) in [5.74, 6) is 0. The Morgan fingerprint density at radius 1 is 0.500 bits per heavy atom. The SMILES string of the molecule is c1ccc(-c2cccc(C3(c4ccn(-c5ccccc5)n4)c4ccccc4-c4ccccc43)c2)cc1. The van der Waals surface area contributed by atoms with Gasteiger partial charge in [-0.3, -0.25) is 0 Å². The van der Waals surface area contributed by atoms with Crippen LogP contribution < -0.4 is 0 Å². The molecular formula is C34H24N2. The van der Waals surface area contributed by atoms with Gasteiger partial charge < -0.3 is 0 Å². The number of nitrogens with zero attached hydrogens (tertiary/aromatic N) is 2. The van der Waals surface area contributed by atoms with E-state index in [0.717, 1.165) is 11.4 Å². The Balaban J connectivity index is 1.54. The van der Waals surface area contributed by atoms with E-state index in [1.54, 1.807) is 0 Å². The number of rotatable bonds is 4. The summed E-state index contributed by atoms with van der Waals surface area (Å²) < 4.78 is 1.99. The van der Waals surface area contributed by atoms with Gasteiger partial charge in [-0.2, -0.15) is 5.10 Å². The highest BCUT2D eigenvalue weighted by atomic mass is 15.3. The fraction of sp³-hybridized carbons (Fsp3) is 0.0294. The Labute approximate surface area is 211 Å². The number of para-hydroxylation sites is 1. The minimum Gasteiger partial charge on any atom is -0.241 e. The largest absolute Gasteiger partial charge is 0.241 e. The van der Waals surface area contributed by atoms with Crippen molar-refractivity contribution in [2.45, 2.75) is 5.41 Å². The minimum atomic E-state index is -0.516. The van der Waals surface area contributed by atoms with Crippen LogP contribution in [0.5, 0.6) is 0 Å². The topological polar surface area (TPSA) is 17.8 Å². The van der Waals surface area contributed by atoms with Crippen molar-refractivity contribution in [2.24, 2.45) is 0 Å². The lowest BCUT2D eigenvalue weighted by Gasteiger charge is -2.31. The van der Waals surface area contributed by atoms with E-state index in [1.807, 2.05) is 10.7 Å². The monoisotopic (exact) mass is 460 g/mol. The molecule has 0 radical (unpaired) electrons. The summed E-state index contributed by atoms with van der Waals surface area (Å²) in [5, 5.41) is 5.23. The highest BCUT2D eigenvalue weighted by Crippen LogP contribution is 2.55. The first-order valence-electron chi connectivity index (χ1n) is 12.3. The molecule has 0 saturated heterocycles. The Hall–Kier alpha value is -4.69. The average Bonchev–Trinajstić information content (AvgIpc) is 3.56. The molecule has 1 aromatic heterocycles.